The van der Waals surface area contributed by atoms with E-state index in [4.69, 9.17) is 18.6 Å². The van der Waals surface area contributed by atoms with E-state index in [0.717, 1.165) is 14.5 Å². The summed E-state index contributed by atoms with van der Waals surface area (Å²) in [6.45, 7) is 3.20. The number of methoxy groups -OCH3 is 1. The molecule has 8 heteroatoms. The van der Waals surface area contributed by atoms with E-state index >= 15 is 0 Å². The van der Waals surface area contributed by atoms with Crippen LogP contribution in [0, 0.1) is 3.57 Å². The monoisotopic (exact) mass is 508 g/mol. The molecular formula is C21H17IO7. The molecule has 7 nitrogen and oxygen atoms in total. The third-order valence-corrected chi connectivity index (χ3v) is 5.42. The predicted molar refractivity (Wildman–Crippen MR) is 112 cm³/mol. The Morgan fingerprint density at radius 1 is 1.14 bits per heavy atom. The van der Waals surface area contributed by atoms with Crippen LogP contribution in [0.5, 0.6) is 11.5 Å². The van der Waals surface area contributed by atoms with Crippen LogP contribution >= 0.6 is 22.6 Å². The van der Waals surface area contributed by atoms with Crippen LogP contribution in [0.4, 0.5) is 0 Å². The summed E-state index contributed by atoms with van der Waals surface area (Å²) in [5, 5.41) is 0.797. The molecule has 2 aromatic carbocycles. The van der Waals surface area contributed by atoms with Crippen molar-refractivity contribution in [1.29, 1.82) is 0 Å². The molecule has 0 spiro atoms. The summed E-state index contributed by atoms with van der Waals surface area (Å²) >= 11 is 2.19. The fourth-order valence-electron chi connectivity index (χ4n) is 2.99. The van der Waals surface area contributed by atoms with E-state index in [-0.39, 0.29) is 6.61 Å². The van der Waals surface area contributed by atoms with Crippen LogP contribution in [0.3, 0.4) is 0 Å². The van der Waals surface area contributed by atoms with Crippen LogP contribution in [0.2, 0.25) is 0 Å². The average molecular weight is 508 g/mol. The lowest BCUT2D eigenvalue weighted by molar-refractivity contribution is -0.142. The van der Waals surface area contributed by atoms with Crippen molar-refractivity contribution in [1.82, 2.24) is 0 Å². The lowest BCUT2D eigenvalue weighted by Gasteiger charge is -2.31. The highest BCUT2D eigenvalue weighted by molar-refractivity contribution is 14.1. The van der Waals surface area contributed by atoms with E-state index in [1.165, 1.54) is 7.11 Å². The van der Waals surface area contributed by atoms with E-state index in [1.54, 1.807) is 38.1 Å². The molecule has 4 rings (SSSR count). The Bertz CT molecular complexity index is 1110. The molecule has 0 radical (unpaired) electrons. The van der Waals surface area contributed by atoms with E-state index in [2.05, 4.69) is 27.3 Å². The maximum Gasteiger partial charge on any atom is 0.345 e. The lowest BCUT2D eigenvalue weighted by Crippen LogP contribution is -2.38. The summed E-state index contributed by atoms with van der Waals surface area (Å²) in [5.74, 6) is -0.269. The summed E-state index contributed by atoms with van der Waals surface area (Å²) < 4.78 is 27.9. The van der Waals surface area contributed by atoms with Gasteiger partial charge in [-0.25, -0.2) is 9.59 Å². The number of rotatable bonds is 4. The summed E-state index contributed by atoms with van der Waals surface area (Å²) in [6, 6.07) is 10.6. The van der Waals surface area contributed by atoms with Gasteiger partial charge in [0.1, 0.15) is 28.4 Å². The minimum Gasteiger partial charge on any atom is -0.482 e. The normalized spacial score (nSPS) is 14.7. The largest absolute Gasteiger partial charge is 0.482 e. The Labute approximate surface area is 180 Å². The summed E-state index contributed by atoms with van der Waals surface area (Å²) in [6.07, 6.45) is 0. The van der Waals surface area contributed by atoms with Crippen molar-refractivity contribution in [3.8, 4) is 22.8 Å². The molecule has 0 aliphatic carbocycles. The number of furan rings is 1. The molecular weight excluding hydrogens is 491 g/mol. The number of cyclic esters (lactones) is 1. The van der Waals surface area contributed by atoms with Crippen LogP contribution < -0.4 is 9.47 Å². The molecule has 150 valence electrons. The minimum atomic E-state index is -1.03. The number of esters is 2. The molecule has 0 bridgehead atoms. The summed E-state index contributed by atoms with van der Waals surface area (Å²) in [7, 11) is 1.31. The van der Waals surface area contributed by atoms with Crippen LogP contribution in [0.15, 0.2) is 40.8 Å². The van der Waals surface area contributed by atoms with Gasteiger partial charge in [-0.2, -0.15) is 0 Å². The highest BCUT2D eigenvalue weighted by Gasteiger charge is 2.35. The standard InChI is InChI=1S/C21H17IO7/c1-21(2)28-16-9-15-13(8-14(16)20(24)29-21)18(22)19(27-15)11-4-6-12(7-5-11)26-10-17(23)25-3/h4-9H,10H2,1-3H3. The second-order valence-corrected chi connectivity index (χ2v) is 7.95. The minimum absolute atomic E-state index is 0.157. The maximum atomic E-state index is 12.3. The number of fused-ring (bicyclic) bond motifs is 2. The van der Waals surface area contributed by atoms with E-state index in [1.807, 2.05) is 12.1 Å². The summed E-state index contributed by atoms with van der Waals surface area (Å²) in [5.41, 5.74) is 1.81. The molecule has 0 N–H and O–H groups in total. The van der Waals surface area contributed by atoms with Crippen molar-refractivity contribution in [2.45, 2.75) is 19.6 Å². The van der Waals surface area contributed by atoms with Gasteiger partial charge >= 0.3 is 11.9 Å². The zero-order valence-corrected chi connectivity index (χ0v) is 18.1. The third-order valence-electron chi connectivity index (χ3n) is 4.34. The first kappa shape index (κ1) is 19.6. The molecule has 0 amide bonds. The molecule has 1 aliphatic heterocycles. The van der Waals surface area contributed by atoms with Gasteiger partial charge in [-0.05, 0) is 52.9 Å². The Kier molecular flexibility index (Phi) is 4.89. The lowest BCUT2D eigenvalue weighted by atomic mass is 10.1. The van der Waals surface area contributed by atoms with Gasteiger partial charge in [0.2, 0.25) is 5.79 Å². The van der Waals surface area contributed by atoms with Crippen LogP contribution in [0.1, 0.15) is 24.2 Å². The van der Waals surface area contributed by atoms with Crippen molar-refractivity contribution in [2.75, 3.05) is 13.7 Å². The van der Waals surface area contributed by atoms with Gasteiger partial charge in [0.15, 0.2) is 6.61 Å². The molecule has 0 saturated heterocycles. The number of halogens is 1. The third kappa shape index (κ3) is 3.76. The fourth-order valence-corrected chi connectivity index (χ4v) is 3.83. The second kappa shape index (κ2) is 7.25. The van der Waals surface area contributed by atoms with Crippen LogP contribution in [0.25, 0.3) is 22.3 Å². The molecule has 0 saturated carbocycles. The van der Waals surface area contributed by atoms with E-state index in [0.29, 0.717) is 28.4 Å². The number of benzene rings is 2. The molecule has 0 atom stereocenters. The van der Waals surface area contributed by atoms with Gasteiger partial charge in [0, 0.05) is 30.9 Å². The predicted octanol–water partition coefficient (Wildman–Crippen LogP) is 4.54. The van der Waals surface area contributed by atoms with Crippen molar-refractivity contribution >= 4 is 45.5 Å². The highest BCUT2D eigenvalue weighted by atomic mass is 127. The summed E-state index contributed by atoms with van der Waals surface area (Å²) in [4.78, 5) is 23.5. The molecule has 29 heavy (non-hydrogen) atoms. The van der Waals surface area contributed by atoms with Gasteiger partial charge in [0.05, 0.1) is 10.7 Å². The molecule has 1 aliphatic rings. The van der Waals surface area contributed by atoms with Crippen molar-refractivity contribution < 1.29 is 33.0 Å². The fraction of sp³-hybridized carbons (Fsp3) is 0.238. The first-order chi connectivity index (χ1) is 13.8. The van der Waals surface area contributed by atoms with Gasteiger partial charge in [0.25, 0.3) is 0 Å². The number of hydrogen-bond donors (Lipinski definition) is 0. The van der Waals surface area contributed by atoms with Gasteiger partial charge in [-0.3, -0.25) is 0 Å². The number of ether oxygens (including phenoxy) is 4. The quantitative estimate of drug-likeness (QED) is 0.378. The van der Waals surface area contributed by atoms with Gasteiger partial charge < -0.3 is 23.4 Å². The Balaban J connectivity index is 1.68. The van der Waals surface area contributed by atoms with Crippen molar-refractivity contribution in [3.05, 3.63) is 45.5 Å². The van der Waals surface area contributed by atoms with Crippen LogP contribution in [-0.4, -0.2) is 31.4 Å². The topological polar surface area (TPSA) is 84.2 Å². The van der Waals surface area contributed by atoms with Gasteiger partial charge in [-0.1, -0.05) is 0 Å². The second-order valence-electron chi connectivity index (χ2n) is 6.87. The Morgan fingerprint density at radius 2 is 1.86 bits per heavy atom. The first-order valence-electron chi connectivity index (χ1n) is 8.76. The average Bonchev–Trinajstić information content (AvgIpc) is 3.00. The maximum absolute atomic E-state index is 12.3. The highest BCUT2D eigenvalue weighted by Crippen LogP contribution is 2.40. The number of hydrogen-bond acceptors (Lipinski definition) is 7. The smallest absolute Gasteiger partial charge is 0.345 e. The van der Waals surface area contributed by atoms with E-state index in [9.17, 15) is 9.59 Å². The Hall–Kier alpha value is -2.75. The molecule has 0 fully saturated rings. The SMILES string of the molecule is COC(=O)COc1ccc(-c2oc3cc4c(cc3c2I)C(=O)OC(C)(C)O4)cc1. The van der Waals surface area contributed by atoms with Crippen LogP contribution in [-0.2, 0) is 14.3 Å². The zero-order chi connectivity index (χ0) is 20.8. The van der Waals surface area contributed by atoms with Gasteiger partial charge in [-0.15, -0.1) is 0 Å². The van der Waals surface area contributed by atoms with Crippen molar-refractivity contribution in [2.24, 2.45) is 0 Å². The number of carbonyl (C=O) groups is 2. The molecule has 0 unspecified atom stereocenters. The van der Waals surface area contributed by atoms with E-state index < -0.39 is 17.7 Å². The Morgan fingerprint density at radius 3 is 2.55 bits per heavy atom. The molecule has 1 aromatic heterocycles. The zero-order valence-electron chi connectivity index (χ0n) is 15.9. The van der Waals surface area contributed by atoms with Crippen molar-refractivity contribution in [3.63, 3.8) is 0 Å². The number of carbonyl (C=O) groups excluding carboxylic acids is 2. The molecule has 2 heterocycles. The first-order valence-corrected chi connectivity index (χ1v) is 9.84. The molecule has 3 aromatic rings.